The van der Waals surface area contributed by atoms with Gasteiger partial charge in [0.2, 0.25) is 0 Å². The summed E-state index contributed by atoms with van der Waals surface area (Å²) >= 11 is 12.0. The number of carbonyl (C=O) groups excluding carboxylic acids is 2. The summed E-state index contributed by atoms with van der Waals surface area (Å²) in [5.74, 6) is -0.428. The highest BCUT2D eigenvalue weighted by Gasteiger charge is 2.11. The van der Waals surface area contributed by atoms with Crippen LogP contribution in [0.3, 0.4) is 0 Å². The Morgan fingerprint density at radius 3 is 1.35 bits per heavy atom. The van der Waals surface area contributed by atoms with Crippen molar-refractivity contribution in [2.45, 2.75) is 13.8 Å². The number of rotatable bonds is 5. The fourth-order valence-corrected chi connectivity index (χ4v) is 4.00. The van der Waals surface area contributed by atoms with E-state index in [-0.39, 0.29) is 11.8 Å². The molecule has 0 unspecified atom stereocenters. The van der Waals surface area contributed by atoms with E-state index in [2.05, 4.69) is 10.6 Å². The Balaban J connectivity index is 1.50. The van der Waals surface area contributed by atoms with Crippen molar-refractivity contribution in [1.29, 1.82) is 0 Å². The second kappa shape index (κ2) is 10.1. The predicted octanol–water partition coefficient (Wildman–Crippen LogP) is 7.78. The molecule has 34 heavy (non-hydrogen) atoms. The molecule has 4 aromatic rings. The maximum absolute atomic E-state index is 12.6. The lowest BCUT2D eigenvalue weighted by Gasteiger charge is -2.13. The summed E-state index contributed by atoms with van der Waals surface area (Å²) in [6.07, 6.45) is 0. The van der Waals surface area contributed by atoms with Gasteiger partial charge < -0.3 is 10.6 Å². The molecule has 4 nitrogen and oxygen atoms in total. The molecule has 170 valence electrons. The first-order chi connectivity index (χ1) is 16.3. The molecule has 0 aliphatic heterocycles. The van der Waals surface area contributed by atoms with Crippen LogP contribution >= 0.6 is 23.2 Å². The lowest BCUT2D eigenvalue weighted by Crippen LogP contribution is -2.13. The Morgan fingerprint density at radius 1 is 0.588 bits per heavy atom. The molecule has 0 heterocycles. The number of hydrogen-bond acceptors (Lipinski definition) is 2. The first kappa shape index (κ1) is 23.6. The molecule has 0 atom stereocenters. The predicted molar refractivity (Wildman–Crippen MR) is 140 cm³/mol. The highest BCUT2D eigenvalue weighted by molar-refractivity contribution is 6.31. The maximum atomic E-state index is 12.6. The summed E-state index contributed by atoms with van der Waals surface area (Å²) in [7, 11) is 0. The van der Waals surface area contributed by atoms with Crippen LogP contribution < -0.4 is 10.6 Å². The molecule has 0 bridgehead atoms. The molecule has 0 saturated carbocycles. The SMILES string of the molecule is Cc1cc(-c2ccc(NC(=O)c3cccc(Cl)c3)c(C)c2)ccc1NC(=O)c1cccc(Cl)c1. The number of aryl methyl sites for hydroxylation is 2. The molecular formula is C28H22Cl2N2O2. The van der Waals surface area contributed by atoms with Crippen LogP contribution in [0.2, 0.25) is 10.0 Å². The fourth-order valence-electron chi connectivity index (χ4n) is 3.62. The van der Waals surface area contributed by atoms with Gasteiger partial charge in [-0.05, 0) is 96.8 Å². The van der Waals surface area contributed by atoms with Crippen LogP contribution in [0.4, 0.5) is 11.4 Å². The second-order valence-electron chi connectivity index (χ2n) is 7.99. The van der Waals surface area contributed by atoms with E-state index in [4.69, 9.17) is 23.2 Å². The standard InChI is InChI=1S/C28H22Cl2N2O2/c1-17-13-19(9-11-25(17)31-27(33)21-5-3-7-23(29)15-21)20-10-12-26(18(2)14-20)32-28(34)22-6-4-8-24(30)16-22/h3-16H,1-2H3,(H,31,33)(H,32,34). The van der Waals surface area contributed by atoms with Crippen molar-refractivity contribution in [3.05, 3.63) is 117 Å². The minimum Gasteiger partial charge on any atom is -0.322 e. The average molecular weight is 489 g/mol. The molecule has 0 radical (unpaired) electrons. The van der Waals surface area contributed by atoms with Crippen LogP contribution in [-0.2, 0) is 0 Å². The molecule has 0 aromatic heterocycles. The van der Waals surface area contributed by atoms with Crippen molar-refractivity contribution in [2.75, 3.05) is 10.6 Å². The number of benzene rings is 4. The van der Waals surface area contributed by atoms with Gasteiger partial charge >= 0.3 is 0 Å². The lowest BCUT2D eigenvalue weighted by molar-refractivity contribution is 0.101. The largest absolute Gasteiger partial charge is 0.322 e. The van der Waals surface area contributed by atoms with Crippen LogP contribution in [0.15, 0.2) is 84.9 Å². The number of amides is 2. The molecule has 0 fully saturated rings. The van der Waals surface area contributed by atoms with E-state index in [9.17, 15) is 9.59 Å². The minimum absolute atomic E-state index is 0.214. The van der Waals surface area contributed by atoms with Gasteiger partial charge in [0.05, 0.1) is 0 Å². The average Bonchev–Trinajstić information content (AvgIpc) is 2.81. The normalized spacial score (nSPS) is 10.6. The molecule has 0 aliphatic rings. The summed E-state index contributed by atoms with van der Waals surface area (Å²) < 4.78 is 0. The Hall–Kier alpha value is -3.60. The van der Waals surface area contributed by atoms with E-state index in [1.807, 2.05) is 50.2 Å². The van der Waals surface area contributed by atoms with Crippen molar-refractivity contribution in [3.8, 4) is 11.1 Å². The highest BCUT2D eigenvalue weighted by Crippen LogP contribution is 2.29. The number of carbonyl (C=O) groups is 2. The van der Waals surface area contributed by atoms with Gasteiger partial charge in [0.25, 0.3) is 11.8 Å². The zero-order chi connectivity index (χ0) is 24.2. The zero-order valence-electron chi connectivity index (χ0n) is 18.7. The Labute approximate surface area is 208 Å². The van der Waals surface area contributed by atoms with Crippen molar-refractivity contribution < 1.29 is 9.59 Å². The number of hydrogen-bond donors (Lipinski definition) is 2. The number of anilines is 2. The zero-order valence-corrected chi connectivity index (χ0v) is 20.2. The molecular weight excluding hydrogens is 467 g/mol. The Kier molecular flexibility index (Phi) is 7.01. The van der Waals surface area contributed by atoms with Gasteiger partial charge in [0.15, 0.2) is 0 Å². The third kappa shape index (κ3) is 5.48. The van der Waals surface area contributed by atoms with E-state index in [1.54, 1.807) is 48.5 Å². The molecule has 0 aliphatic carbocycles. The number of halogens is 2. The third-order valence-corrected chi connectivity index (χ3v) is 5.93. The molecule has 0 spiro atoms. The fraction of sp³-hybridized carbons (Fsp3) is 0.0714. The van der Waals surface area contributed by atoms with Gasteiger partial charge in [0, 0.05) is 32.5 Å². The van der Waals surface area contributed by atoms with E-state index in [0.29, 0.717) is 21.2 Å². The van der Waals surface area contributed by atoms with Crippen LogP contribution in [-0.4, -0.2) is 11.8 Å². The Morgan fingerprint density at radius 2 is 1.00 bits per heavy atom. The molecule has 6 heteroatoms. The van der Waals surface area contributed by atoms with Gasteiger partial charge in [-0.25, -0.2) is 0 Å². The van der Waals surface area contributed by atoms with Gasteiger partial charge in [-0.2, -0.15) is 0 Å². The third-order valence-electron chi connectivity index (χ3n) is 5.46. The van der Waals surface area contributed by atoms with E-state index >= 15 is 0 Å². The summed E-state index contributed by atoms with van der Waals surface area (Å²) in [5.41, 5.74) is 6.35. The van der Waals surface area contributed by atoms with Crippen LogP contribution in [0.5, 0.6) is 0 Å². The summed E-state index contributed by atoms with van der Waals surface area (Å²) in [6.45, 7) is 3.90. The van der Waals surface area contributed by atoms with Gasteiger partial charge in [0.1, 0.15) is 0 Å². The van der Waals surface area contributed by atoms with E-state index in [0.717, 1.165) is 33.6 Å². The second-order valence-corrected chi connectivity index (χ2v) is 8.86. The molecule has 2 N–H and O–H groups in total. The smallest absolute Gasteiger partial charge is 0.255 e. The minimum atomic E-state index is -0.214. The summed E-state index contributed by atoms with van der Waals surface area (Å²) in [6, 6.07) is 25.4. The van der Waals surface area contributed by atoms with Crippen molar-refractivity contribution in [2.24, 2.45) is 0 Å². The molecule has 2 amide bonds. The van der Waals surface area contributed by atoms with Gasteiger partial charge in [-0.15, -0.1) is 0 Å². The van der Waals surface area contributed by atoms with E-state index in [1.165, 1.54) is 0 Å². The molecule has 4 rings (SSSR count). The van der Waals surface area contributed by atoms with Crippen molar-refractivity contribution in [1.82, 2.24) is 0 Å². The highest BCUT2D eigenvalue weighted by atomic mass is 35.5. The quantitative estimate of drug-likeness (QED) is 0.301. The van der Waals surface area contributed by atoms with Crippen molar-refractivity contribution >= 4 is 46.4 Å². The summed E-state index contributed by atoms with van der Waals surface area (Å²) in [5, 5.41) is 6.91. The maximum Gasteiger partial charge on any atom is 0.255 e. The van der Waals surface area contributed by atoms with Crippen LogP contribution in [0, 0.1) is 13.8 Å². The van der Waals surface area contributed by atoms with Crippen LogP contribution in [0.1, 0.15) is 31.8 Å². The topological polar surface area (TPSA) is 58.2 Å². The summed E-state index contributed by atoms with van der Waals surface area (Å²) in [4.78, 5) is 25.1. The molecule has 4 aromatic carbocycles. The van der Waals surface area contributed by atoms with E-state index < -0.39 is 0 Å². The number of nitrogens with one attached hydrogen (secondary N) is 2. The lowest BCUT2D eigenvalue weighted by atomic mass is 9.99. The first-order valence-electron chi connectivity index (χ1n) is 10.7. The van der Waals surface area contributed by atoms with Crippen LogP contribution in [0.25, 0.3) is 11.1 Å². The Bertz CT molecular complexity index is 1290. The molecule has 0 saturated heterocycles. The van der Waals surface area contributed by atoms with Gasteiger partial charge in [-0.1, -0.05) is 47.5 Å². The first-order valence-corrected chi connectivity index (χ1v) is 11.4. The van der Waals surface area contributed by atoms with Crippen molar-refractivity contribution in [3.63, 3.8) is 0 Å². The monoisotopic (exact) mass is 488 g/mol. The van der Waals surface area contributed by atoms with Gasteiger partial charge in [-0.3, -0.25) is 9.59 Å².